The van der Waals surface area contributed by atoms with Crippen molar-refractivity contribution >= 4 is 50.9 Å². The van der Waals surface area contributed by atoms with Crippen molar-refractivity contribution in [1.82, 2.24) is 19.4 Å². The second-order valence-corrected chi connectivity index (χ2v) is 12.3. The van der Waals surface area contributed by atoms with Gasteiger partial charge in [0.2, 0.25) is 0 Å². The fourth-order valence-corrected chi connectivity index (χ4v) is 5.90. The number of anilines is 1. The molecule has 3 aromatic carbocycles. The average molecular weight is 693 g/mol. The Morgan fingerprint density at radius 1 is 1.04 bits per heavy atom. The number of rotatable bonds is 7. The highest BCUT2D eigenvalue weighted by molar-refractivity contribution is 9.10. The lowest BCUT2D eigenvalue weighted by atomic mass is 10.1. The smallest absolute Gasteiger partial charge is 0.333 e. The van der Waals surface area contributed by atoms with E-state index in [1.54, 1.807) is 70.1 Å². The molecule has 1 saturated carbocycles. The van der Waals surface area contributed by atoms with Crippen LogP contribution in [0.4, 0.5) is 5.69 Å². The molecule has 1 aliphatic carbocycles. The molecule has 1 fully saturated rings. The number of ether oxygens (including phenoxy) is 2. The summed E-state index contributed by atoms with van der Waals surface area (Å²) in [6.45, 7) is 0.604. The standard InChI is InChI=1S/C32H27BrClN5O6/c33-23-9-2-19(14-24(23)34)31(42)37-11-12-38-26(16-37)29(39(32(38)43)20-3-5-21(6-4-20)45-22-7-8-22)30(41)35-15-18-1-10-27-25(13-18)36-28(40)17-44-27/h1-6,9-10,13-14,22H,7-8,11-12,15-17H2,(H,35,41)(H,36,40). The third-order valence-electron chi connectivity index (χ3n) is 7.90. The van der Waals surface area contributed by atoms with Gasteiger partial charge in [0.15, 0.2) is 6.61 Å². The monoisotopic (exact) mass is 691 g/mol. The van der Waals surface area contributed by atoms with Gasteiger partial charge in [0.1, 0.15) is 17.2 Å². The van der Waals surface area contributed by atoms with Gasteiger partial charge in [-0.1, -0.05) is 17.7 Å². The van der Waals surface area contributed by atoms with Crippen molar-refractivity contribution in [2.45, 2.75) is 38.6 Å². The molecular formula is C32H27BrClN5O6. The Hall–Kier alpha value is -4.55. The van der Waals surface area contributed by atoms with Gasteiger partial charge < -0.3 is 25.0 Å². The van der Waals surface area contributed by atoms with E-state index >= 15 is 0 Å². The summed E-state index contributed by atoms with van der Waals surface area (Å²) in [6, 6.07) is 17.3. The summed E-state index contributed by atoms with van der Waals surface area (Å²) in [5, 5.41) is 6.10. The predicted molar refractivity (Wildman–Crippen MR) is 169 cm³/mol. The van der Waals surface area contributed by atoms with E-state index < -0.39 is 5.91 Å². The number of aromatic nitrogens is 2. The first-order valence-corrected chi connectivity index (χ1v) is 15.6. The van der Waals surface area contributed by atoms with Crippen LogP contribution in [0, 0.1) is 0 Å². The highest BCUT2D eigenvalue weighted by Gasteiger charge is 2.32. The number of carbonyl (C=O) groups is 3. The van der Waals surface area contributed by atoms with Crippen LogP contribution in [0.1, 0.15) is 44.9 Å². The topological polar surface area (TPSA) is 124 Å². The lowest BCUT2D eigenvalue weighted by Gasteiger charge is -2.28. The van der Waals surface area contributed by atoms with Gasteiger partial charge in [0, 0.05) is 29.7 Å². The van der Waals surface area contributed by atoms with E-state index in [4.69, 9.17) is 21.1 Å². The van der Waals surface area contributed by atoms with Crippen molar-refractivity contribution in [3.63, 3.8) is 0 Å². The number of hydrogen-bond acceptors (Lipinski definition) is 6. The summed E-state index contributed by atoms with van der Waals surface area (Å²) in [5.74, 6) is 0.232. The molecule has 45 heavy (non-hydrogen) atoms. The van der Waals surface area contributed by atoms with E-state index in [0.717, 1.165) is 18.4 Å². The first-order valence-electron chi connectivity index (χ1n) is 14.4. The molecule has 1 aromatic heterocycles. The minimum Gasteiger partial charge on any atom is -0.490 e. The van der Waals surface area contributed by atoms with E-state index in [1.807, 2.05) is 0 Å². The Bertz CT molecular complexity index is 1920. The van der Waals surface area contributed by atoms with E-state index in [0.29, 0.717) is 43.6 Å². The Morgan fingerprint density at radius 2 is 1.84 bits per heavy atom. The Kier molecular flexibility index (Phi) is 7.62. The van der Waals surface area contributed by atoms with Crippen molar-refractivity contribution in [2.75, 3.05) is 18.5 Å². The van der Waals surface area contributed by atoms with Crippen LogP contribution in [0.3, 0.4) is 0 Å². The minimum atomic E-state index is -0.488. The molecule has 2 N–H and O–H groups in total. The summed E-state index contributed by atoms with van der Waals surface area (Å²) in [6.07, 6.45) is 2.25. The van der Waals surface area contributed by atoms with Gasteiger partial charge in [0.25, 0.3) is 17.7 Å². The van der Waals surface area contributed by atoms with Gasteiger partial charge in [0.05, 0.1) is 34.7 Å². The SMILES string of the molecule is O=C1COc2ccc(CNC(=O)c3c4n(c(=O)n3-c3ccc(OC5CC5)cc3)CCN(C(=O)c3ccc(Br)c(Cl)c3)C4)cc2N1. The summed E-state index contributed by atoms with van der Waals surface area (Å²) in [7, 11) is 0. The molecule has 3 heterocycles. The molecule has 0 saturated heterocycles. The molecule has 2 aliphatic heterocycles. The highest BCUT2D eigenvalue weighted by atomic mass is 79.9. The summed E-state index contributed by atoms with van der Waals surface area (Å²) >= 11 is 9.61. The van der Waals surface area contributed by atoms with E-state index in [-0.39, 0.29) is 62.1 Å². The van der Waals surface area contributed by atoms with Crippen LogP contribution in [0.15, 0.2) is 69.9 Å². The van der Waals surface area contributed by atoms with Crippen LogP contribution in [0.5, 0.6) is 11.5 Å². The number of nitrogens with zero attached hydrogens (tertiary/aromatic N) is 3. The number of carbonyl (C=O) groups excluding carboxylic acids is 3. The molecule has 0 atom stereocenters. The Balaban J connectivity index is 1.21. The lowest BCUT2D eigenvalue weighted by Crippen LogP contribution is -2.41. The molecule has 4 aromatic rings. The second-order valence-electron chi connectivity index (χ2n) is 11.1. The molecule has 0 radical (unpaired) electrons. The molecule has 3 aliphatic rings. The maximum absolute atomic E-state index is 14.0. The van der Waals surface area contributed by atoms with Gasteiger partial charge >= 0.3 is 5.69 Å². The van der Waals surface area contributed by atoms with Crippen molar-refractivity contribution in [3.8, 4) is 17.2 Å². The molecule has 3 amide bonds. The number of fused-ring (bicyclic) bond motifs is 2. The number of halogens is 2. The zero-order valence-electron chi connectivity index (χ0n) is 23.8. The van der Waals surface area contributed by atoms with Crippen molar-refractivity contribution in [2.24, 2.45) is 0 Å². The lowest BCUT2D eigenvalue weighted by molar-refractivity contribution is -0.118. The van der Waals surface area contributed by atoms with Gasteiger partial charge in [-0.3, -0.25) is 23.5 Å². The summed E-state index contributed by atoms with van der Waals surface area (Å²) < 4.78 is 14.9. The van der Waals surface area contributed by atoms with Crippen molar-refractivity contribution < 1.29 is 23.9 Å². The summed E-state index contributed by atoms with van der Waals surface area (Å²) in [4.78, 5) is 54.7. The second kappa shape index (κ2) is 11.8. The van der Waals surface area contributed by atoms with Crippen LogP contribution in [-0.2, 0) is 24.4 Å². The van der Waals surface area contributed by atoms with Crippen LogP contribution < -0.4 is 25.8 Å². The quantitative estimate of drug-likeness (QED) is 0.294. The van der Waals surface area contributed by atoms with Crippen molar-refractivity contribution in [3.05, 3.63) is 103 Å². The molecule has 7 rings (SSSR count). The molecule has 230 valence electrons. The van der Waals surface area contributed by atoms with Crippen molar-refractivity contribution in [1.29, 1.82) is 0 Å². The number of amides is 3. The van der Waals surface area contributed by atoms with Gasteiger partial charge in [-0.2, -0.15) is 0 Å². The van der Waals surface area contributed by atoms with E-state index in [9.17, 15) is 19.2 Å². The zero-order chi connectivity index (χ0) is 31.2. The van der Waals surface area contributed by atoms with Gasteiger partial charge in [-0.15, -0.1) is 0 Å². The molecule has 0 bridgehead atoms. The zero-order valence-corrected chi connectivity index (χ0v) is 26.2. The maximum Gasteiger partial charge on any atom is 0.333 e. The summed E-state index contributed by atoms with van der Waals surface area (Å²) in [5.41, 5.74) is 2.33. The van der Waals surface area contributed by atoms with E-state index in [1.165, 1.54) is 4.57 Å². The fraction of sp³-hybridized carbons (Fsp3) is 0.250. The molecular weight excluding hydrogens is 666 g/mol. The molecule has 11 nitrogen and oxygen atoms in total. The average Bonchev–Trinajstić information content (AvgIpc) is 3.82. The first-order chi connectivity index (χ1) is 21.7. The molecule has 0 unspecified atom stereocenters. The Labute approximate surface area is 270 Å². The third-order valence-corrected chi connectivity index (χ3v) is 9.13. The normalized spacial score (nSPS) is 15.4. The molecule has 0 spiro atoms. The van der Waals surface area contributed by atoms with Crippen LogP contribution in [0.2, 0.25) is 5.02 Å². The van der Waals surface area contributed by atoms with Crippen LogP contribution >= 0.6 is 27.5 Å². The third kappa shape index (κ3) is 5.83. The van der Waals surface area contributed by atoms with Crippen LogP contribution in [0.25, 0.3) is 5.69 Å². The number of hydrogen-bond donors (Lipinski definition) is 2. The highest BCUT2D eigenvalue weighted by Crippen LogP contribution is 2.30. The Morgan fingerprint density at radius 3 is 2.60 bits per heavy atom. The van der Waals surface area contributed by atoms with Gasteiger partial charge in [-0.25, -0.2) is 4.79 Å². The largest absolute Gasteiger partial charge is 0.490 e. The van der Waals surface area contributed by atoms with Gasteiger partial charge in [-0.05, 0) is 88.9 Å². The number of imidazole rings is 1. The molecule has 13 heteroatoms. The fourth-order valence-electron chi connectivity index (χ4n) is 5.48. The minimum absolute atomic E-state index is 0.0442. The number of nitrogens with one attached hydrogen (secondary N) is 2. The maximum atomic E-state index is 14.0. The van der Waals surface area contributed by atoms with Crippen LogP contribution in [-0.4, -0.2) is 51.0 Å². The number of benzene rings is 3. The van der Waals surface area contributed by atoms with E-state index in [2.05, 4.69) is 26.6 Å². The first kappa shape index (κ1) is 29.2. The predicted octanol–water partition coefficient (Wildman–Crippen LogP) is 4.51.